The first-order chi connectivity index (χ1) is 14.0. The van der Waals surface area contributed by atoms with Crippen molar-refractivity contribution >= 4 is 9.84 Å². The van der Waals surface area contributed by atoms with Gasteiger partial charge in [-0.05, 0) is 63.1 Å². The first kappa shape index (κ1) is 22.0. The van der Waals surface area contributed by atoms with Crippen LogP contribution in [-0.2, 0) is 22.6 Å². The molecule has 4 aliphatic rings. The lowest BCUT2D eigenvalue weighted by molar-refractivity contribution is -0.144. The first-order valence-corrected chi connectivity index (χ1v) is 12.1. The first-order valence-electron chi connectivity index (χ1n) is 10.3. The summed E-state index contributed by atoms with van der Waals surface area (Å²) in [5.41, 5.74) is -0.968. The van der Waals surface area contributed by atoms with Crippen molar-refractivity contribution in [2.45, 2.75) is 57.3 Å². The van der Waals surface area contributed by atoms with E-state index in [2.05, 4.69) is 10.00 Å². The molecule has 2 saturated carbocycles. The number of alkyl halides is 5. The van der Waals surface area contributed by atoms with Crippen LogP contribution < -0.4 is 0 Å². The molecule has 0 aromatic carbocycles. The maximum Gasteiger partial charge on any atom is 0.433 e. The van der Waals surface area contributed by atoms with Crippen LogP contribution in [0.5, 0.6) is 0 Å². The van der Waals surface area contributed by atoms with Gasteiger partial charge in [-0.3, -0.25) is 4.68 Å². The lowest BCUT2D eigenvalue weighted by atomic mass is 9.80. The largest absolute Gasteiger partial charge is 0.433 e. The molecular weight excluding hydrogens is 429 g/mol. The number of hydrogen-bond acceptors (Lipinski definition) is 4. The van der Waals surface area contributed by atoms with Crippen molar-refractivity contribution in [1.29, 1.82) is 0 Å². The molecule has 170 valence electrons. The third kappa shape index (κ3) is 4.81. The van der Waals surface area contributed by atoms with Crippen LogP contribution in [0.1, 0.15) is 37.8 Å². The zero-order valence-electron chi connectivity index (χ0n) is 16.5. The van der Waals surface area contributed by atoms with Crippen molar-refractivity contribution < 1.29 is 30.4 Å². The molecule has 4 fully saturated rings. The van der Waals surface area contributed by atoms with Gasteiger partial charge in [0.15, 0.2) is 9.84 Å². The van der Waals surface area contributed by atoms with Crippen LogP contribution >= 0.6 is 0 Å². The van der Waals surface area contributed by atoms with Crippen molar-refractivity contribution in [1.82, 2.24) is 14.7 Å². The maximum absolute atomic E-state index is 12.0. The average Bonchev–Trinajstić information content (AvgIpc) is 3.01. The van der Waals surface area contributed by atoms with E-state index in [1.54, 1.807) is 0 Å². The highest BCUT2D eigenvalue weighted by Gasteiger charge is 2.52. The minimum absolute atomic E-state index is 0.191. The van der Waals surface area contributed by atoms with E-state index in [9.17, 15) is 30.4 Å². The number of rotatable bonds is 3. The van der Waals surface area contributed by atoms with E-state index < -0.39 is 34.7 Å². The molecule has 2 aliphatic heterocycles. The van der Waals surface area contributed by atoms with Crippen molar-refractivity contribution in [2.24, 2.45) is 17.3 Å². The van der Waals surface area contributed by atoms with Gasteiger partial charge in [0.05, 0.1) is 11.5 Å². The molecule has 3 atom stereocenters. The van der Waals surface area contributed by atoms with Crippen LogP contribution in [0.4, 0.5) is 22.0 Å². The molecule has 11 heteroatoms. The van der Waals surface area contributed by atoms with Gasteiger partial charge in [0.25, 0.3) is 6.43 Å². The highest BCUT2D eigenvalue weighted by Crippen LogP contribution is 2.54. The third-order valence-electron chi connectivity index (χ3n) is 6.96. The van der Waals surface area contributed by atoms with Crippen molar-refractivity contribution in [3.8, 4) is 0 Å². The fourth-order valence-corrected chi connectivity index (χ4v) is 7.73. The van der Waals surface area contributed by atoms with Gasteiger partial charge in [-0.1, -0.05) is 0 Å². The Balaban J connectivity index is 0.000000152. The SMILES string of the molecule is FC(F)Cn1nccc1C(F)(F)F.O=S1(=O)CC2(CCN(C3C[C@@H]4C[C@@H]4C3)CC2)C1. The summed E-state index contributed by atoms with van der Waals surface area (Å²) in [6.45, 7) is 1.26. The number of hydrogen-bond donors (Lipinski definition) is 0. The maximum atomic E-state index is 12.0. The molecule has 0 radical (unpaired) electrons. The van der Waals surface area contributed by atoms with Gasteiger partial charge in [0, 0.05) is 17.7 Å². The lowest BCUT2D eigenvalue weighted by Gasteiger charge is -2.48. The Morgan fingerprint density at radius 2 is 1.70 bits per heavy atom. The molecule has 2 saturated heterocycles. The zero-order valence-corrected chi connectivity index (χ0v) is 17.3. The Kier molecular flexibility index (Phi) is 5.66. The average molecular weight is 455 g/mol. The monoisotopic (exact) mass is 455 g/mol. The van der Waals surface area contributed by atoms with Gasteiger partial charge in [0.2, 0.25) is 0 Å². The summed E-state index contributed by atoms with van der Waals surface area (Å²) >= 11 is 0. The van der Waals surface area contributed by atoms with Gasteiger partial charge in [-0.2, -0.15) is 18.3 Å². The van der Waals surface area contributed by atoms with Crippen LogP contribution in [0.2, 0.25) is 0 Å². The Hall–Kier alpha value is -1.23. The van der Waals surface area contributed by atoms with E-state index in [0.29, 0.717) is 17.6 Å². The number of fused-ring (bicyclic) bond motifs is 1. The van der Waals surface area contributed by atoms with Crippen molar-refractivity contribution in [2.75, 3.05) is 24.6 Å². The van der Waals surface area contributed by atoms with Crippen LogP contribution in [0, 0.1) is 17.3 Å². The summed E-state index contributed by atoms with van der Waals surface area (Å²) in [4.78, 5) is 2.66. The van der Waals surface area contributed by atoms with Gasteiger partial charge in [-0.25, -0.2) is 17.2 Å². The number of aromatic nitrogens is 2. The Bertz CT molecular complexity index is 838. The fourth-order valence-electron chi connectivity index (χ4n) is 5.37. The molecule has 0 amide bonds. The van der Waals surface area contributed by atoms with Crippen LogP contribution in [0.15, 0.2) is 12.3 Å². The van der Waals surface area contributed by atoms with Crippen LogP contribution in [-0.4, -0.2) is 60.2 Å². The van der Waals surface area contributed by atoms with Gasteiger partial charge in [-0.15, -0.1) is 0 Å². The predicted molar refractivity (Wildman–Crippen MR) is 99.7 cm³/mol. The molecule has 5 nitrogen and oxygen atoms in total. The molecule has 1 spiro atoms. The Labute approximate surface area is 172 Å². The van der Waals surface area contributed by atoms with Gasteiger partial charge >= 0.3 is 6.18 Å². The molecule has 1 aromatic heterocycles. The second-order valence-electron chi connectivity index (χ2n) is 9.24. The molecular formula is C19H26F5N3O2S. The highest BCUT2D eigenvalue weighted by atomic mass is 32.2. The summed E-state index contributed by atoms with van der Waals surface area (Å²) in [5, 5.41) is 3.14. The molecule has 0 bridgehead atoms. The van der Waals surface area contributed by atoms with Crippen LogP contribution in [0.3, 0.4) is 0 Å². The molecule has 1 unspecified atom stereocenters. The Morgan fingerprint density at radius 1 is 1.10 bits per heavy atom. The van der Waals surface area contributed by atoms with E-state index in [1.807, 2.05) is 0 Å². The van der Waals surface area contributed by atoms with Crippen molar-refractivity contribution in [3.63, 3.8) is 0 Å². The summed E-state index contributed by atoms with van der Waals surface area (Å²) < 4.78 is 82.5. The molecule has 0 N–H and O–H groups in total. The van der Waals surface area contributed by atoms with Gasteiger partial charge < -0.3 is 4.90 Å². The number of piperidine rings is 1. The quantitative estimate of drug-likeness (QED) is 0.655. The normalized spacial score (nSPS) is 31.7. The minimum Gasteiger partial charge on any atom is -0.300 e. The summed E-state index contributed by atoms with van der Waals surface area (Å²) in [6.07, 6.45) is -0.0495. The molecule has 5 rings (SSSR count). The molecule has 3 heterocycles. The summed E-state index contributed by atoms with van der Waals surface area (Å²) in [5.74, 6) is 3.06. The van der Waals surface area contributed by atoms with Gasteiger partial charge in [0.1, 0.15) is 12.2 Å². The smallest absolute Gasteiger partial charge is 0.300 e. The fraction of sp³-hybridized carbons (Fsp3) is 0.842. The lowest BCUT2D eigenvalue weighted by Crippen LogP contribution is -2.55. The number of nitrogens with zero attached hydrogens (tertiary/aromatic N) is 3. The van der Waals surface area contributed by atoms with E-state index >= 15 is 0 Å². The highest BCUT2D eigenvalue weighted by molar-refractivity contribution is 7.92. The topological polar surface area (TPSA) is 55.2 Å². The molecule has 2 aliphatic carbocycles. The Morgan fingerprint density at radius 3 is 2.20 bits per heavy atom. The second-order valence-corrected chi connectivity index (χ2v) is 11.3. The standard InChI is InChI=1S/C13H21NO2S.C6H5F5N2/c15-17(16)8-13(9-17)1-3-14(4-2-13)12-6-10-5-11(10)7-12;7-5(8)3-13-4(1-2-12-13)6(9,10)11/h10-12H,1-9H2;1-2,5H,3H2/t10-,11+,12?;. The number of sulfone groups is 1. The van der Waals surface area contributed by atoms with Crippen LogP contribution in [0.25, 0.3) is 0 Å². The number of likely N-dealkylation sites (tertiary alicyclic amines) is 1. The third-order valence-corrected chi connectivity index (χ3v) is 9.07. The zero-order chi connectivity index (χ0) is 21.7. The predicted octanol–water partition coefficient (Wildman–Crippen LogP) is 3.46. The minimum atomic E-state index is -4.63. The van der Waals surface area contributed by atoms with E-state index in [4.69, 9.17) is 0 Å². The van der Waals surface area contributed by atoms with Crippen molar-refractivity contribution in [3.05, 3.63) is 18.0 Å². The van der Waals surface area contributed by atoms with E-state index in [0.717, 1.165) is 50.0 Å². The number of halogens is 5. The van der Waals surface area contributed by atoms with E-state index in [1.165, 1.54) is 19.3 Å². The second kappa shape index (κ2) is 7.72. The van der Waals surface area contributed by atoms with E-state index in [-0.39, 0.29) is 10.1 Å². The molecule has 1 aromatic rings. The summed E-state index contributed by atoms with van der Waals surface area (Å²) in [6, 6.07) is 1.50. The summed E-state index contributed by atoms with van der Waals surface area (Å²) in [7, 11) is -2.65. The molecule has 30 heavy (non-hydrogen) atoms.